The number of aromatic nitrogens is 2. The number of hydrogen-bond acceptors (Lipinski definition) is 4. The molecule has 1 aromatic heterocycles. The van der Waals surface area contributed by atoms with Crippen LogP contribution in [-0.4, -0.2) is 53.1 Å². The molecule has 5 nitrogen and oxygen atoms in total. The molecular formula is C17H23F3N4O. The molecule has 0 spiro atoms. The third-order valence-corrected chi connectivity index (χ3v) is 5.24. The molecule has 3 rings (SSSR count). The van der Waals surface area contributed by atoms with Crippen LogP contribution < -0.4 is 4.90 Å². The number of amides is 1. The van der Waals surface area contributed by atoms with Gasteiger partial charge in [0.1, 0.15) is 0 Å². The zero-order chi connectivity index (χ0) is 17.9. The van der Waals surface area contributed by atoms with Crippen molar-refractivity contribution >= 4 is 11.9 Å². The molecule has 3 heterocycles. The second kappa shape index (κ2) is 7.58. The Kier molecular flexibility index (Phi) is 5.44. The van der Waals surface area contributed by atoms with Crippen molar-refractivity contribution in [2.75, 3.05) is 31.1 Å². The molecule has 0 N–H and O–H groups in total. The van der Waals surface area contributed by atoms with Gasteiger partial charge >= 0.3 is 6.18 Å². The van der Waals surface area contributed by atoms with E-state index in [9.17, 15) is 18.0 Å². The summed E-state index contributed by atoms with van der Waals surface area (Å²) >= 11 is 0. The van der Waals surface area contributed by atoms with E-state index in [1.54, 1.807) is 23.4 Å². The minimum absolute atomic E-state index is 0.366. The van der Waals surface area contributed by atoms with Crippen LogP contribution in [0.1, 0.15) is 32.1 Å². The quantitative estimate of drug-likeness (QED) is 0.832. The highest BCUT2D eigenvalue weighted by molar-refractivity contribution is 5.76. The lowest BCUT2D eigenvalue weighted by molar-refractivity contribution is -0.148. The normalized spacial score (nSPS) is 22.4. The summed E-state index contributed by atoms with van der Waals surface area (Å²) in [5.74, 6) is 1.29. The minimum atomic E-state index is -4.26. The first kappa shape index (κ1) is 17.9. The van der Waals surface area contributed by atoms with Crippen LogP contribution in [0.3, 0.4) is 0 Å². The topological polar surface area (TPSA) is 49.3 Å². The van der Waals surface area contributed by atoms with Crippen molar-refractivity contribution in [3.05, 3.63) is 18.5 Å². The van der Waals surface area contributed by atoms with E-state index < -0.39 is 19.0 Å². The number of halogens is 3. The summed E-state index contributed by atoms with van der Waals surface area (Å²) in [7, 11) is 0. The molecule has 8 heteroatoms. The first-order valence-corrected chi connectivity index (χ1v) is 8.79. The Morgan fingerprint density at radius 1 is 1.08 bits per heavy atom. The van der Waals surface area contributed by atoms with Crippen molar-refractivity contribution in [3.8, 4) is 0 Å². The highest BCUT2D eigenvalue weighted by Crippen LogP contribution is 2.33. The Morgan fingerprint density at radius 3 is 2.36 bits per heavy atom. The predicted octanol–water partition coefficient (Wildman–Crippen LogP) is 2.88. The average Bonchev–Trinajstić information content (AvgIpc) is 3.10. The van der Waals surface area contributed by atoms with Gasteiger partial charge in [-0.15, -0.1) is 0 Å². The Hall–Kier alpha value is -1.86. The van der Waals surface area contributed by atoms with E-state index in [0.29, 0.717) is 24.9 Å². The number of carbonyl (C=O) groups excluding carboxylic acids is 1. The van der Waals surface area contributed by atoms with E-state index in [1.165, 1.54) is 0 Å². The number of carbonyl (C=O) groups is 1. The van der Waals surface area contributed by atoms with Gasteiger partial charge in [-0.3, -0.25) is 4.79 Å². The van der Waals surface area contributed by atoms with E-state index in [-0.39, 0.29) is 5.91 Å². The molecule has 2 aliphatic heterocycles. The van der Waals surface area contributed by atoms with Crippen LogP contribution in [0.15, 0.2) is 18.5 Å². The molecule has 0 aromatic carbocycles. The maximum Gasteiger partial charge on any atom is 0.389 e. The number of alkyl halides is 3. The fourth-order valence-corrected chi connectivity index (χ4v) is 3.83. The van der Waals surface area contributed by atoms with Gasteiger partial charge in [-0.05, 0) is 37.2 Å². The molecule has 138 valence electrons. The van der Waals surface area contributed by atoms with Gasteiger partial charge in [0, 0.05) is 45.0 Å². The maximum atomic E-state index is 12.3. The van der Waals surface area contributed by atoms with Gasteiger partial charge in [0.2, 0.25) is 11.9 Å². The van der Waals surface area contributed by atoms with Gasteiger partial charge in [-0.25, -0.2) is 9.97 Å². The Labute approximate surface area is 145 Å². The van der Waals surface area contributed by atoms with Crippen molar-refractivity contribution in [1.82, 2.24) is 14.9 Å². The molecule has 2 aliphatic rings. The molecule has 0 saturated carbocycles. The Balaban J connectivity index is 1.45. The van der Waals surface area contributed by atoms with Crippen LogP contribution >= 0.6 is 0 Å². The second-order valence-corrected chi connectivity index (χ2v) is 6.88. The first-order valence-electron chi connectivity index (χ1n) is 8.79. The molecule has 2 saturated heterocycles. The third kappa shape index (κ3) is 4.83. The Bertz CT molecular complexity index is 573. The van der Waals surface area contributed by atoms with Gasteiger partial charge in [-0.2, -0.15) is 13.2 Å². The molecule has 1 aromatic rings. The van der Waals surface area contributed by atoms with Gasteiger partial charge in [0.25, 0.3) is 0 Å². The molecule has 25 heavy (non-hydrogen) atoms. The van der Waals surface area contributed by atoms with E-state index in [4.69, 9.17) is 0 Å². The lowest BCUT2D eigenvalue weighted by Crippen LogP contribution is -2.38. The van der Waals surface area contributed by atoms with Gasteiger partial charge in [0.05, 0.1) is 6.42 Å². The second-order valence-electron chi connectivity index (χ2n) is 6.88. The molecule has 2 fully saturated rings. The number of likely N-dealkylation sites (tertiary alicyclic amines) is 1. The smallest absolute Gasteiger partial charge is 0.342 e. The largest absolute Gasteiger partial charge is 0.389 e. The zero-order valence-electron chi connectivity index (χ0n) is 14.1. The summed E-state index contributed by atoms with van der Waals surface area (Å²) in [6.45, 7) is 2.95. The van der Waals surface area contributed by atoms with Crippen LogP contribution in [0.25, 0.3) is 0 Å². The van der Waals surface area contributed by atoms with Crippen LogP contribution in [0.2, 0.25) is 0 Å². The number of hydrogen-bond donors (Lipinski definition) is 0. The molecular weight excluding hydrogens is 333 g/mol. The number of anilines is 1. The minimum Gasteiger partial charge on any atom is -0.342 e. The molecule has 0 unspecified atom stereocenters. The van der Waals surface area contributed by atoms with Gasteiger partial charge in [0.15, 0.2) is 0 Å². The lowest BCUT2D eigenvalue weighted by Gasteiger charge is -2.34. The standard InChI is InChI=1S/C17H23F3N4O/c18-17(19,20)6-2-15(25)24-11-5-14(12-24)13-3-9-23(10-4-13)16-21-7-1-8-22-16/h1,7-8,13-14H,2-6,9-12H2/t14-/m1/s1. The van der Waals surface area contributed by atoms with Crippen molar-refractivity contribution in [2.24, 2.45) is 11.8 Å². The Morgan fingerprint density at radius 2 is 1.72 bits per heavy atom. The number of rotatable bonds is 4. The van der Waals surface area contributed by atoms with Crippen molar-refractivity contribution in [1.29, 1.82) is 0 Å². The van der Waals surface area contributed by atoms with Crippen molar-refractivity contribution < 1.29 is 18.0 Å². The average molecular weight is 356 g/mol. The maximum absolute atomic E-state index is 12.3. The summed E-state index contributed by atoms with van der Waals surface area (Å²) in [6.07, 6.45) is 0.653. The fraction of sp³-hybridized carbons (Fsp3) is 0.706. The molecule has 0 radical (unpaired) electrons. The number of nitrogens with zero attached hydrogens (tertiary/aromatic N) is 4. The summed E-state index contributed by atoms with van der Waals surface area (Å²) in [5.41, 5.74) is 0. The summed E-state index contributed by atoms with van der Waals surface area (Å²) < 4.78 is 36.8. The first-order chi connectivity index (χ1) is 11.9. The zero-order valence-corrected chi connectivity index (χ0v) is 14.1. The molecule has 0 bridgehead atoms. The van der Waals surface area contributed by atoms with Crippen LogP contribution in [0.4, 0.5) is 19.1 Å². The SMILES string of the molecule is O=C(CCC(F)(F)F)N1CC[C@@H](C2CCN(c3ncccn3)CC2)C1. The summed E-state index contributed by atoms with van der Waals surface area (Å²) in [4.78, 5) is 24.3. The van der Waals surface area contributed by atoms with E-state index >= 15 is 0 Å². The van der Waals surface area contributed by atoms with E-state index in [0.717, 1.165) is 38.3 Å². The van der Waals surface area contributed by atoms with Gasteiger partial charge < -0.3 is 9.80 Å². The number of piperidine rings is 1. The van der Waals surface area contributed by atoms with E-state index in [1.807, 2.05) is 0 Å². The predicted molar refractivity (Wildman–Crippen MR) is 86.9 cm³/mol. The molecule has 1 amide bonds. The highest BCUT2D eigenvalue weighted by Gasteiger charge is 2.35. The lowest BCUT2D eigenvalue weighted by atomic mass is 9.84. The van der Waals surface area contributed by atoms with E-state index in [2.05, 4.69) is 14.9 Å². The summed E-state index contributed by atoms with van der Waals surface area (Å²) in [6, 6.07) is 1.79. The van der Waals surface area contributed by atoms with Gasteiger partial charge in [-0.1, -0.05) is 0 Å². The molecule has 0 aliphatic carbocycles. The highest BCUT2D eigenvalue weighted by atomic mass is 19.4. The fourth-order valence-electron chi connectivity index (χ4n) is 3.83. The van der Waals surface area contributed by atoms with Crippen LogP contribution in [-0.2, 0) is 4.79 Å². The third-order valence-electron chi connectivity index (χ3n) is 5.24. The van der Waals surface area contributed by atoms with Crippen LogP contribution in [0, 0.1) is 11.8 Å². The van der Waals surface area contributed by atoms with Crippen molar-refractivity contribution in [2.45, 2.75) is 38.3 Å². The van der Waals surface area contributed by atoms with Crippen LogP contribution in [0.5, 0.6) is 0 Å². The monoisotopic (exact) mass is 356 g/mol. The summed E-state index contributed by atoms with van der Waals surface area (Å²) in [5, 5.41) is 0. The van der Waals surface area contributed by atoms with Crippen molar-refractivity contribution in [3.63, 3.8) is 0 Å². The molecule has 1 atom stereocenters.